The first-order valence-corrected chi connectivity index (χ1v) is 20.4. The Hall–Kier alpha value is -1.74. The molecule has 0 bridgehead atoms. The Morgan fingerprint density at radius 1 is 0.800 bits per heavy atom. The van der Waals surface area contributed by atoms with Crippen molar-refractivity contribution in [3.05, 3.63) is 59.7 Å². The van der Waals surface area contributed by atoms with E-state index in [1.165, 1.54) is 23.6 Å². The zero-order chi connectivity index (χ0) is 33.0. The lowest BCUT2D eigenvalue weighted by atomic mass is 9.92. The molecule has 0 aromatic heterocycles. The predicted octanol–water partition coefficient (Wildman–Crippen LogP) is 3.19. The fraction of sp³-hybridized carbons (Fsp3) is 0.625. The van der Waals surface area contributed by atoms with Crippen LogP contribution in [0.2, 0.25) is 0 Å². The first-order chi connectivity index (χ1) is 21.2. The molecule has 10 nitrogen and oxygen atoms in total. The number of aliphatic hydroxyl groups excluding tert-OH is 2. The van der Waals surface area contributed by atoms with E-state index in [9.17, 15) is 16.8 Å². The van der Waals surface area contributed by atoms with Gasteiger partial charge in [0, 0.05) is 60.4 Å². The van der Waals surface area contributed by atoms with Crippen LogP contribution in [0.15, 0.2) is 48.5 Å². The van der Waals surface area contributed by atoms with Gasteiger partial charge in [0.05, 0.1) is 12.5 Å². The van der Waals surface area contributed by atoms with Crippen molar-refractivity contribution in [2.45, 2.75) is 37.5 Å². The Labute approximate surface area is 277 Å². The number of alkyl halides is 1. The quantitative estimate of drug-likeness (QED) is 0.222. The van der Waals surface area contributed by atoms with Gasteiger partial charge in [0.25, 0.3) is 0 Å². The highest BCUT2D eigenvalue weighted by Crippen LogP contribution is 2.63. The maximum atomic E-state index is 11.4. The van der Waals surface area contributed by atoms with Gasteiger partial charge in [-0.1, -0.05) is 54.0 Å². The molecule has 4 fully saturated rings. The van der Waals surface area contributed by atoms with E-state index < -0.39 is 20.0 Å². The van der Waals surface area contributed by atoms with Gasteiger partial charge in [0.1, 0.15) is 0 Å². The topological polar surface area (TPSA) is 148 Å². The Morgan fingerprint density at radius 2 is 1.24 bits per heavy atom. The van der Waals surface area contributed by atoms with Crippen molar-refractivity contribution in [1.29, 1.82) is 0 Å². The number of hydrogen-bond acceptors (Lipinski definition) is 8. The zero-order valence-electron chi connectivity index (χ0n) is 26.7. The van der Waals surface area contributed by atoms with Gasteiger partial charge in [-0.15, -0.1) is 0 Å². The van der Waals surface area contributed by atoms with Crippen molar-refractivity contribution in [3.63, 3.8) is 0 Å². The van der Waals surface area contributed by atoms with Crippen LogP contribution in [0.1, 0.15) is 37.8 Å². The van der Waals surface area contributed by atoms with Gasteiger partial charge < -0.3 is 20.4 Å². The van der Waals surface area contributed by atoms with Crippen LogP contribution in [-0.2, 0) is 30.9 Å². The molecule has 2 aromatic rings. The number of piperidine rings is 2. The molecule has 13 heteroatoms. The fourth-order valence-corrected chi connectivity index (χ4v) is 8.78. The number of anilines is 2. The van der Waals surface area contributed by atoms with Gasteiger partial charge in [-0.25, -0.2) is 16.8 Å². The molecular weight excluding hydrogens is 680 g/mol. The van der Waals surface area contributed by atoms with Crippen LogP contribution in [-0.4, -0.2) is 95.7 Å². The summed E-state index contributed by atoms with van der Waals surface area (Å²) < 4.78 is 50.4. The minimum Gasteiger partial charge on any atom is -0.396 e. The lowest BCUT2D eigenvalue weighted by Gasteiger charge is -2.24. The van der Waals surface area contributed by atoms with Crippen molar-refractivity contribution in [2.24, 2.45) is 23.7 Å². The smallest absolute Gasteiger partial charge is 0.229 e. The third-order valence-electron chi connectivity index (χ3n) is 9.97. The van der Waals surface area contributed by atoms with E-state index >= 15 is 0 Å². The van der Waals surface area contributed by atoms with Crippen LogP contribution in [0.5, 0.6) is 0 Å². The third kappa shape index (κ3) is 8.79. The summed E-state index contributed by atoms with van der Waals surface area (Å²) in [6.45, 7) is 10.4. The normalized spacial score (nSPS) is 29.8. The number of halogens is 1. The van der Waals surface area contributed by atoms with Crippen molar-refractivity contribution < 1.29 is 27.0 Å². The van der Waals surface area contributed by atoms with Gasteiger partial charge >= 0.3 is 0 Å². The van der Waals surface area contributed by atoms with E-state index in [2.05, 4.69) is 61.6 Å². The highest BCUT2D eigenvalue weighted by atomic mass is 79.9. The van der Waals surface area contributed by atoms with Gasteiger partial charge in [-0.2, -0.15) is 0 Å². The van der Waals surface area contributed by atoms with Crippen LogP contribution >= 0.6 is 15.9 Å². The molecule has 0 amide bonds. The van der Waals surface area contributed by atoms with E-state index in [-0.39, 0.29) is 17.4 Å². The Morgan fingerprint density at radius 3 is 1.62 bits per heavy atom. The summed E-state index contributed by atoms with van der Waals surface area (Å²) in [7, 11) is -6.44. The summed E-state index contributed by atoms with van der Waals surface area (Å²) in [5, 5.41) is 21.3. The van der Waals surface area contributed by atoms with Gasteiger partial charge in [0.2, 0.25) is 20.0 Å². The largest absolute Gasteiger partial charge is 0.396 e. The second kappa shape index (κ2) is 14.6. The maximum absolute atomic E-state index is 11.4. The van der Waals surface area contributed by atoms with E-state index in [1.807, 2.05) is 24.3 Å². The molecule has 2 aliphatic carbocycles. The Kier molecular flexibility index (Phi) is 11.7. The molecule has 45 heavy (non-hydrogen) atoms. The second-order valence-corrected chi connectivity index (χ2v) is 17.5. The number of aliphatic hydroxyl groups is 2. The average Bonchev–Trinajstić information content (AvgIpc) is 3.44. The molecule has 0 radical (unpaired) electrons. The van der Waals surface area contributed by atoms with Crippen molar-refractivity contribution in [3.8, 4) is 0 Å². The molecule has 2 saturated carbocycles. The van der Waals surface area contributed by atoms with Crippen molar-refractivity contribution >= 4 is 47.4 Å². The minimum absolute atomic E-state index is 0.158. The molecule has 252 valence electrons. The third-order valence-corrected chi connectivity index (χ3v) is 11.7. The van der Waals surface area contributed by atoms with Crippen LogP contribution in [0.25, 0.3) is 0 Å². The number of nitrogens with one attached hydrogen (secondary N) is 3. The first-order valence-electron chi connectivity index (χ1n) is 15.5. The van der Waals surface area contributed by atoms with E-state index in [0.29, 0.717) is 41.7 Å². The number of benzene rings is 2. The maximum Gasteiger partial charge on any atom is 0.229 e. The first kappa shape index (κ1) is 36.1. The molecule has 0 spiro atoms. The highest BCUT2D eigenvalue weighted by Gasteiger charge is 2.65. The molecule has 2 aromatic carbocycles. The van der Waals surface area contributed by atoms with Crippen LogP contribution < -0.4 is 14.8 Å². The van der Waals surface area contributed by atoms with E-state index in [1.54, 1.807) is 12.1 Å². The predicted molar refractivity (Wildman–Crippen MR) is 185 cm³/mol. The van der Waals surface area contributed by atoms with Crippen LogP contribution in [0.4, 0.5) is 11.4 Å². The van der Waals surface area contributed by atoms with Crippen molar-refractivity contribution in [1.82, 2.24) is 10.2 Å². The van der Waals surface area contributed by atoms with Crippen LogP contribution in [0, 0.1) is 23.7 Å². The molecule has 4 atom stereocenters. The summed E-state index contributed by atoms with van der Waals surface area (Å²) in [6, 6.07) is 15.6. The molecule has 4 aliphatic rings. The van der Waals surface area contributed by atoms with Crippen molar-refractivity contribution in [2.75, 3.05) is 73.2 Å². The summed E-state index contributed by atoms with van der Waals surface area (Å²) in [5.74, 6) is 2.68. The number of sulfonamides is 2. The summed E-state index contributed by atoms with van der Waals surface area (Å²) >= 11 is 3.15. The number of rotatable bonds is 11. The zero-order valence-corrected chi connectivity index (χ0v) is 29.9. The van der Waals surface area contributed by atoms with Gasteiger partial charge in [-0.05, 0) is 85.0 Å². The second-order valence-electron chi connectivity index (χ2n) is 13.2. The minimum atomic E-state index is -3.24. The number of fused-ring (bicyclic) bond motifs is 2. The number of likely N-dealkylation sites (tertiary alicyclic amines) is 1. The fourth-order valence-electron chi connectivity index (χ4n) is 7.42. The van der Waals surface area contributed by atoms with Gasteiger partial charge in [0.15, 0.2) is 0 Å². The number of nitrogens with zero attached hydrogens (tertiary/aromatic N) is 1. The van der Waals surface area contributed by atoms with Gasteiger partial charge in [-0.3, -0.25) is 9.44 Å². The summed E-state index contributed by atoms with van der Waals surface area (Å²) in [6.07, 6.45) is 4.05. The summed E-state index contributed by atoms with van der Waals surface area (Å²) in [4.78, 5) is 2.42. The van der Waals surface area contributed by atoms with E-state index in [0.717, 1.165) is 50.9 Å². The standard InChI is InChI=1S/C16H24N2O3S.C13H18N2O2S.C3H7BrO/c1-16(14-10-18(7-4-8-19)11-15(14)16)12-5-3-6-13(9-12)17-22(2,20)21;1-13(11-7-14-8-12(11)13)9-4-3-5-10(6-9)15-18(2,16)17;4-2-1-3-5/h3,5-6,9,14-15,17,19H,4,7-8,10-11H2,1-2H3;3-6,11-12,14-15H,7-8H2,1-2H3;5H,1-3H2. The number of hydrogen-bond donors (Lipinski definition) is 5. The Balaban J connectivity index is 0.000000181. The van der Waals surface area contributed by atoms with Crippen LogP contribution in [0.3, 0.4) is 0 Å². The molecule has 2 heterocycles. The van der Waals surface area contributed by atoms with E-state index in [4.69, 9.17) is 10.2 Å². The molecule has 4 unspecified atom stereocenters. The molecule has 6 rings (SSSR count). The molecule has 2 saturated heterocycles. The Bertz CT molecular complexity index is 1500. The lowest BCUT2D eigenvalue weighted by Crippen LogP contribution is -2.30. The molecule has 5 N–H and O–H groups in total. The lowest BCUT2D eigenvalue weighted by molar-refractivity contribution is 0.227. The SMILES string of the molecule is CC1(c2cccc(NS(C)(=O)=O)c2)C2CN(CCCO)CC21.CC1(c2cccc(NS(C)(=O)=O)c2)C2CNCC21.OCCCBr. The monoisotopic (exact) mass is 728 g/mol. The molecule has 2 aliphatic heterocycles. The highest BCUT2D eigenvalue weighted by molar-refractivity contribution is 9.09. The summed E-state index contributed by atoms with van der Waals surface area (Å²) in [5.41, 5.74) is 4.15. The molecular formula is C32H49BrN4O6S2. The average molecular weight is 730 g/mol.